The lowest BCUT2D eigenvalue weighted by atomic mass is 10.1. The molecular weight excluding hydrogens is 258 g/mol. The molecule has 0 radical (unpaired) electrons. The number of methoxy groups -OCH3 is 1. The van der Waals surface area contributed by atoms with Gasteiger partial charge in [-0.15, -0.1) is 0 Å². The summed E-state index contributed by atoms with van der Waals surface area (Å²) in [7, 11) is 1.64. The van der Waals surface area contributed by atoms with Crippen LogP contribution in [0.4, 0.5) is 0 Å². The average Bonchev–Trinajstić information content (AvgIpc) is 2.47. The number of nitrogens with one attached hydrogen (secondary N) is 3. The molecule has 0 spiro atoms. The van der Waals surface area contributed by atoms with E-state index in [1.54, 1.807) is 7.11 Å². The summed E-state index contributed by atoms with van der Waals surface area (Å²) in [6.07, 6.45) is 0. The van der Waals surface area contributed by atoms with Crippen molar-refractivity contribution in [2.45, 2.75) is 19.2 Å². The predicted molar refractivity (Wildman–Crippen MR) is 73.8 cm³/mol. The van der Waals surface area contributed by atoms with E-state index in [1.807, 2.05) is 24.3 Å². The lowest BCUT2D eigenvalue weighted by Crippen LogP contribution is -2.57. The summed E-state index contributed by atoms with van der Waals surface area (Å²) in [6.45, 7) is 1.47. The highest BCUT2D eigenvalue weighted by Gasteiger charge is 2.23. The van der Waals surface area contributed by atoms with Gasteiger partial charge in [-0.3, -0.25) is 14.9 Å². The van der Waals surface area contributed by atoms with E-state index in [9.17, 15) is 9.59 Å². The zero-order valence-corrected chi connectivity index (χ0v) is 11.4. The molecular formula is C14H19N3O3. The maximum atomic E-state index is 12.0. The highest BCUT2D eigenvalue weighted by molar-refractivity contribution is 5.86. The van der Waals surface area contributed by atoms with E-state index in [1.165, 1.54) is 0 Å². The van der Waals surface area contributed by atoms with E-state index >= 15 is 0 Å². The van der Waals surface area contributed by atoms with Crippen LogP contribution in [0, 0.1) is 0 Å². The quantitative estimate of drug-likeness (QED) is 0.680. The monoisotopic (exact) mass is 277 g/mol. The Morgan fingerprint density at radius 2 is 2.15 bits per heavy atom. The highest BCUT2D eigenvalue weighted by Crippen LogP contribution is 2.09. The SMILES string of the molecule is COCc1ccccc1CNC(=O)C1CNC(=O)CN1. The van der Waals surface area contributed by atoms with E-state index in [0.717, 1.165) is 11.1 Å². The molecule has 1 aromatic rings. The van der Waals surface area contributed by atoms with Crippen LogP contribution in [-0.2, 0) is 27.5 Å². The topological polar surface area (TPSA) is 79.5 Å². The maximum Gasteiger partial charge on any atom is 0.239 e. The lowest BCUT2D eigenvalue weighted by molar-refractivity contribution is -0.126. The maximum absolute atomic E-state index is 12.0. The van der Waals surface area contributed by atoms with Gasteiger partial charge < -0.3 is 15.4 Å². The third kappa shape index (κ3) is 3.79. The van der Waals surface area contributed by atoms with Crippen molar-refractivity contribution < 1.29 is 14.3 Å². The Morgan fingerprint density at radius 1 is 1.40 bits per heavy atom. The van der Waals surface area contributed by atoms with Crippen LogP contribution in [0.3, 0.4) is 0 Å². The Labute approximate surface area is 117 Å². The van der Waals surface area contributed by atoms with E-state index in [-0.39, 0.29) is 24.4 Å². The third-order valence-electron chi connectivity index (χ3n) is 3.20. The molecule has 6 nitrogen and oxygen atoms in total. The van der Waals surface area contributed by atoms with Crippen molar-refractivity contribution in [3.05, 3.63) is 35.4 Å². The number of ether oxygens (including phenoxy) is 1. The fraction of sp³-hybridized carbons (Fsp3) is 0.429. The van der Waals surface area contributed by atoms with Gasteiger partial charge >= 0.3 is 0 Å². The van der Waals surface area contributed by atoms with Crippen LogP contribution in [-0.4, -0.2) is 38.1 Å². The molecule has 0 aliphatic carbocycles. The second-order valence-electron chi connectivity index (χ2n) is 4.66. The predicted octanol–water partition coefficient (Wildman–Crippen LogP) is -0.463. The number of hydrogen-bond acceptors (Lipinski definition) is 4. The smallest absolute Gasteiger partial charge is 0.239 e. The Hall–Kier alpha value is -1.92. The fourth-order valence-corrected chi connectivity index (χ4v) is 2.08. The van der Waals surface area contributed by atoms with Crippen molar-refractivity contribution in [1.29, 1.82) is 0 Å². The van der Waals surface area contributed by atoms with Gasteiger partial charge in [-0.2, -0.15) is 0 Å². The Kier molecular flexibility index (Phi) is 5.09. The van der Waals surface area contributed by atoms with Gasteiger partial charge in [0.25, 0.3) is 0 Å². The summed E-state index contributed by atoms with van der Waals surface area (Å²) in [5, 5.41) is 8.43. The molecule has 1 heterocycles. The van der Waals surface area contributed by atoms with Crippen LogP contribution in [0.1, 0.15) is 11.1 Å². The van der Waals surface area contributed by atoms with Crippen molar-refractivity contribution in [1.82, 2.24) is 16.0 Å². The molecule has 2 amide bonds. The molecule has 0 saturated carbocycles. The number of piperazine rings is 1. The Morgan fingerprint density at radius 3 is 2.80 bits per heavy atom. The highest BCUT2D eigenvalue weighted by atomic mass is 16.5. The van der Waals surface area contributed by atoms with E-state index in [2.05, 4.69) is 16.0 Å². The van der Waals surface area contributed by atoms with Crippen LogP contribution in [0.25, 0.3) is 0 Å². The zero-order valence-electron chi connectivity index (χ0n) is 11.4. The first-order chi connectivity index (χ1) is 9.70. The summed E-state index contributed by atoms with van der Waals surface area (Å²) in [4.78, 5) is 23.0. The molecule has 6 heteroatoms. The summed E-state index contributed by atoms with van der Waals surface area (Å²) in [5.74, 6) is -0.197. The first-order valence-corrected chi connectivity index (χ1v) is 6.54. The molecule has 1 atom stereocenters. The number of amides is 2. The molecule has 2 rings (SSSR count). The third-order valence-corrected chi connectivity index (χ3v) is 3.20. The van der Waals surface area contributed by atoms with Gasteiger partial charge in [0, 0.05) is 20.2 Å². The number of carbonyl (C=O) groups excluding carboxylic acids is 2. The van der Waals surface area contributed by atoms with Gasteiger partial charge in [-0.1, -0.05) is 24.3 Å². The van der Waals surface area contributed by atoms with Gasteiger partial charge in [0.1, 0.15) is 6.04 Å². The largest absolute Gasteiger partial charge is 0.380 e. The van der Waals surface area contributed by atoms with Crippen LogP contribution in [0.15, 0.2) is 24.3 Å². The first kappa shape index (κ1) is 14.5. The van der Waals surface area contributed by atoms with Crippen molar-refractivity contribution in [3.63, 3.8) is 0 Å². The normalized spacial score (nSPS) is 18.4. The molecule has 1 fully saturated rings. The van der Waals surface area contributed by atoms with Crippen LogP contribution < -0.4 is 16.0 Å². The van der Waals surface area contributed by atoms with Gasteiger partial charge in [0.2, 0.25) is 11.8 Å². The van der Waals surface area contributed by atoms with E-state index < -0.39 is 0 Å². The van der Waals surface area contributed by atoms with Crippen molar-refractivity contribution in [2.75, 3.05) is 20.2 Å². The molecule has 1 aliphatic rings. The van der Waals surface area contributed by atoms with Crippen molar-refractivity contribution in [2.24, 2.45) is 0 Å². The van der Waals surface area contributed by atoms with Crippen LogP contribution >= 0.6 is 0 Å². The molecule has 20 heavy (non-hydrogen) atoms. The number of benzene rings is 1. The molecule has 0 bridgehead atoms. The van der Waals surface area contributed by atoms with Crippen LogP contribution in [0.5, 0.6) is 0 Å². The summed E-state index contributed by atoms with van der Waals surface area (Å²) < 4.78 is 5.13. The fourth-order valence-electron chi connectivity index (χ4n) is 2.08. The Bertz CT molecular complexity index is 480. The first-order valence-electron chi connectivity index (χ1n) is 6.54. The van der Waals surface area contributed by atoms with Crippen LogP contribution in [0.2, 0.25) is 0 Å². The molecule has 1 unspecified atom stereocenters. The number of hydrogen-bond donors (Lipinski definition) is 3. The summed E-state index contributed by atoms with van der Waals surface area (Å²) in [6, 6.07) is 7.44. The number of carbonyl (C=O) groups is 2. The lowest BCUT2D eigenvalue weighted by Gasteiger charge is -2.23. The molecule has 1 saturated heterocycles. The number of rotatable bonds is 5. The van der Waals surface area contributed by atoms with E-state index in [0.29, 0.717) is 19.7 Å². The summed E-state index contributed by atoms with van der Waals surface area (Å²) >= 11 is 0. The second kappa shape index (κ2) is 7.02. The van der Waals surface area contributed by atoms with Crippen molar-refractivity contribution >= 4 is 11.8 Å². The molecule has 1 aliphatic heterocycles. The average molecular weight is 277 g/mol. The Balaban J connectivity index is 1.88. The van der Waals surface area contributed by atoms with Gasteiger partial charge in [-0.25, -0.2) is 0 Å². The molecule has 3 N–H and O–H groups in total. The zero-order chi connectivity index (χ0) is 14.4. The van der Waals surface area contributed by atoms with Gasteiger partial charge in [0.15, 0.2) is 0 Å². The van der Waals surface area contributed by atoms with Gasteiger partial charge in [0.05, 0.1) is 13.2 Å². The van der Waals surface area contributed by atoms with Crippen molar-refractivity contribution in [3.8, 4) is 0 Å². The molecule has 1 aromatic carbocycles. The molecule has 108 valence electrons. The standard InChI is InChI=1S/C14H19N3O3/c1-20-9-11-5-3-2-4-10(11)6-17-14(19)12-7-16-13(18)8-15-12/h2-5,12,15H,6-9H2,1H3,(H,16,18)(H,17,19). The minimum atomic E-state index is -0.373. The second-order valence-corrected chi connectivity index (χ2v) is 4.66. The molecule has 0 aromatic heterocycles. The van der Waals surface area contributed by atoms with Gasteiger partial charge in [-0.05, 0) is 11.1 Å². The summed E-state index contributed by atoms with van der Waals surface area (Å²) in [5.41, 5.74) is 2.09. The minimum absolute atomic E-state index is 0.0838. The minimum Gasteiger partial charge on any atom is -0.380 e. The van der Waals surface area contributed by atoms with E-state index in [4.69, 9.17) is 4.74 Å².